The molecular formula is C26H49N3O5. The van der Waals surface area contributed by atoms with Crippen molar-refractivity contribution in [1.29, 1.82) is 0 Å². The van der Waals surface area contributed by atoms with E-state index in [1.165, 1.54) is 0 Å². The summed E-state index contributed by atoms with van der Waals surface area (Å²) in [5, 5.41) is 2.94. The smallest absolute Gasteiger partial charge is 0.224 e. The summed E-state index contributed by atoms with van der Waals surface area (Å²) in [6.07, 6.45) is 2.99. The molecule has 8 nitrogen and oxygen atoms in total. The summed E-state index contributed by atoms with van der Waals surface area (Å²) in [4.78, 5) is 29.3. The van der Waals surface area contributed by atoms with Crippen LogP contribution in [0.3, 0.4) is 0 Å². The minimum atomic E-state index is -0.597. The van der Waals surface area contributed by atoms with Crippen LogP contribution in [0.1, 0.15) is 66.7 Å². The van der Waals surface area contributed by atoms with Crippen molar-refractivity contribution in [3.05, 3.63) is 0 Å². The Labute approximate surface area is 207 Å². The molecule has 0 aromatic rings. The molecule has 0 aromatic carbocycles. The molecule has 0 spiro atoms. The van der Waals surface area contributed by atoms with E-state index in [0.29, 0.717) is 32.0 Å². The highest BCUT2D eigenvalue weighted by molar-refractivity contribution is 5.80. The summed E-state index contributed by atoms with van der Waals surface area (Å²) >= 11 is 0. The second-order valence-corrected chi connectivity index (χ2v) is 11.3. The van der Waals surface area contributed by atoms with Crippen LogP contribution in [0.2, 0.25) is 0 Å². The maximum Gasteiger partial charge on any atom is 0.224 e. The van der Waals surface area contributed by atoms with Crippen molar-refractivity contribution in [1.82, 2.24) is 15.1 Å². The lowest BCUT2D eigenvalue weighted by molar-refractivity contribution is -0.265. The topological polar surface area (TPSA) is 80.3 Å². The quantitative estimate of drug-likeness (QED) is 0.662. The molecule has 8 heteroatoms. The second kappa shape index (κ2) is 12.7. The first-order valence-corrected chi connectivity index (χ1v) is 12.9. The molecule has 2 rings (SSSR count). The van der Waals surface area contributed by atoms with Gasteiger partial charge < -0.3 is 29.3 Å². The van der Waals surface area contributed by atoms with E-state index in [4.69, 9.17) is 14.2 Å². The van der Waals surface area contributed by atoms with Crippen LogP contribution in [0.15, 0.2) is 0 Å². The molecule has 0 radical (unpaired) electrons. The maximum atomic E-state index is 12.7. The first-order valence-electron chi connectivity index (χ1n) is 12.9. The van der Waals surface area contributed by atoms with Crippen LogP contribution in [0, 0.1) is 17.8 Å². The van der Waals surface area contributed by atoms with Gasteiger partial charge in [0.2, 0.25) is 11.8 Å². The van der Waals surface area contributed by atoms with Crippen LogP contribution in [0.25, 0.3) is 0 Å². The molecule has 2 saturated heterocycles. The Morgan fingerprint density at radius 1 is 1.12 bits per heavy atom. The van der Waals surface area contributed by atoms with Gasteiger partial charge in [-0.1, -0.05) is 20.8 Å². The van der Waals surface area contributed by atoms with Crippen molar-refractivity contribution < 1.29 is 23.8 Å². The lowest BCUT2D eigenvalue weighted by atomic mass is 9.79. The van der Waals surface area contributed by atoms with Crippen LogP contribution >= 0.6 is 0 Å². The van der Waals surface area contributed by atoms with E-state index in [1.54, 1.807) is 12.0 Å². The molecule has 2 heterocycles. The molecule has 2 aliphatic rings. The zero-order valence-electron chi connectivity index (χ0n) is 22.9. The Morgan fingerprint density at radius 3 is 2.41 bits per heavy atom. The summed E-state index contributed by atoms with van der Waals surface area (Å²) in [7, 11) is 7.76. The number of hydrogen-bond acceptors (Lipinski definition) is 6. The van der Waals surface area contributed by atoms with E-state index in [-0.39, 0.29) is 48.1 Å². The molecule has 1 unspecified atom stereocenters. The van der Waals surface area contributed by atoms with E-state index in [9.17, 15) is 9.59 Å². The third-order valence-corrected chi connectivity index (χ3v) is 7.64. The van der Waals surface area contributed by atoms with Crippen LogP contribution in [0.4, 0.5) is 0 Å². The number of hydrogen-bond donors (Lipinski definition) is 1. The molecule has 198 valence electrons. The molecule has 8 atom stereocenters. The van der Waals surface area contributed by atoms with Crippen LogP contribution in [-0.4, -0.2) is 93.1 Å². The molecule has 0 bridgehead atoms. The minimum Gasteiger partial charge on any atom is -0.376 e. The van der Waals surface area contributed by atoms with E-state index in [2.05, 4.69) is 52.0 Å². The van der Waals surface area contributed by atoms with Gasteiger partial charge in [-0.2, -0.15) is 0 Å². The van der Waals surface area contributed by atoms with Crippen molar-refractivity contribution >= 4 is 11.8 Å². The lowest BCUT2D eigenvalue weighted by Crippen LogP contribution is -2.53. The average Bonchev–Trinajstić information content (AvgIpc) is 2.75. The molecule has 0 aliphatic carbocycles. The molecule has 34 heavy (non-hydrogen) atoms. The fraction of sp³-hybridized carbons (Fsp3) is 0.923. The first-order chi connectivity index (χ1) is 15.9. The van der Waals surface area contributed by atoms with Gasteiger partial charge in [0.25, 0.3) is 0 Å². The second-order valence-electron chi connectivity index (χ2n) is 11.3. The molecule has 2 amide bonds. The third-order valence-electron chi connectivity index (χ3n) is 7.64. The average molecular weight is 484 g/mol. The Kier molecular flexibility index (Phi) is 10.8. The van der Waals surface area contributed by atoms with Crippen molar-refractivity contribution in [2.75, 3.05) is 41.3 Å². The SMILES string of the molecule is CO[C@]1(C)C[C@@H](C)CN(C)C(=O)CCNC(=O)[C@H](C)C[C@H](C)C1O[C@H]1C[C@@H](N(C)C)C[C@@H](C)O1. The zero-order valence-corrected chi connectivity index (χ0v) is 22.9. The fourth-order valence-corrected chi connectivity index (χ4v) is 5.71. The molecule has 2 fully saturated rings. The highest BCUT2D eigenvalue weighted by atomic mass is 16.7. The van der Waals surface area contributed by atoms with Gasteiger partial charge in [-0.3, -0.25) is 9.59 Å². The lowest BCUT2D eigenvalue weighted by Gasteiger charge is -2.45. The third kappa shape index (κ3) is 7.90. The summed E-state index contributed by atoms with van der Waals surface area (Å²) in [5.41, 5.74) is -0.597. The highest BCUT2D eigenvalue weighted by Crippen LogP contribution is 2.36. The van der Waals surface area contributed by atoms with Gasteiger partial charge in [-0.15, -0.1) is 0 Å². The number of ether oxygens (including phenoxy) is 3. The number of nitrogens with zero attached hydrogens (tertiary/aromatic N) is 2. The van der Waals surface area contributed by atoms with Gasteiger partial charge in [-0.05, 0) is 59.0 Å². The Morgan fingerprint density at radius 2 is 1.79 bits per heavy atom. The molecular weight excluding hydrogens is 434 g/mol. The maximum absolute atomic E-state index is 12.7. The van der Waals surface area contributed by atoms with Gasteiger partial charge in [0.05, 0.1) is 17.8 Å². The van der Waals surface area contributed by atoms with Gasteiger partial charge in [-0.25, -0.2) is 0 Å². The minimum absolute atomic E-state index is 0.0270. The highest BCUT2D eigenvalue weighted by Gasteiger charge is 2.44. The molecule has 1 N–H and O–H groups in total. The Balaban J connectivity index is 2.33. The number of carbonyl (C=O) groups is 2. The largest absolute Gasteiger partial charge is 0.376 e. The standard InChI is InChI=1S/C26H49N3O5/c1-17-15-26(5,32-9)24(34-23-14-21(28(6)7)13-20(4)33-23)18(2)12-19(3)25(31)27-11-10-22(30)29(8)16-17/h17-21,23-24H,10-16H2,1-9H3,(H,27,31)/t17-,18+,19-,20-,21+,23+,24?,26-/m1/s1. The van der Waals surface area contributed by atoms with Crippen molar-refractivity contribution in [3.63, 3.8) is 0 Å². The molecule has 2 aliphatic heterocycles. The predicted molar refractivity (Wildman–Crippen MR) is 133 cm³/mol. The molecule has 0 aromatic heterocycles. The molecule has 0 saturated carbocycles. The number of rotatable bonds is 4. The van der Waals surface area contributed by atoms with Gasteiger partial charge >= 0.3 is 0 Å². The van der Waals surface area contributed by atoms with Crippen LogP contribution < -0.4 is 5.32 Å². The van der Waals surface area contributed by atoms with Gasteiger partial charge in [0.15, 0.2) is 6.29 Å². The predicted octanol–water partition coefficient (Wildman–Crippen LogP) is 2.90. The normalized spacial score (nSPS) is 39.6. The van der Waals surface area contributed by atoms with E-state index in [0.717, 1.165) is 19.3 Å². The van der Waals surface area contributed by atoms with Crippen molar-refractivity contribution in [3.8, 4) is 0 Å². The first kappa shape index (κ1) is 29.0. The summed E-state index contributed by atoms with van der Waals surface area (Å²) in [6.45, 7) is 11.4. The van der Waals surface area contributed by atoms with Crippen molar-refractivity contribution in [2.45, 2.75) is 96.9 Å². The summed E-state index contributed by atoms with van der Waals surface area (Å²) in [5.74, 6) is 0.0973. The number of amides is 2. The zero-order chi connectivity index (χ0) is 25.6. The fourth-order valence-electron chi connectivity index (χ4n) is 5.71. The Hall–Kier alpha value is -1.22. The number of nitrogens with one attached hydrogen (secondary N) is 1. The Bertz CT molecular complexity index is 675. The monoisotopic (exact) mass is 483 g/mol. The number of methoxy groups -OCH3 is 1. The van der Waals surface area contributed by atoms with E-state index in [1.807, 2.05) is 14.0 Å². The summed E-state index contributed by atoms with van der Waals surface area (Å²) in [6, 6.07) is 0.389. The summed E-state index contributed by atoms with van der Waals surface area (Å²) < 4.78 is 19.2. The van der Waals surface area contributed by atoms with Crippen LogP contribution in [0.5, 0.6) is 0 Å². The van der Waals surface area contributed by atoms with Crippen molar-refractivity contribution in [2.24, 2.45) is 17.8 Å². The van der Waals surface area contributed by atoms with E-state index >= 15 is 0 Å². The van der Waals surface area contributed by atoms with E-state index < -0.39 is 5.60 Å². The van der Waals surface area contributed by atoms with Gasteiger partial charge in [0, 0.05) is 52.0 Å². The van der Waals surface area contributed by atoms with Crippen LogP contribution in [-0.2, 0) is 23.8 Å². The number of carbonyl (C=O) groups excluding carboxylic acids is 2. The van der Waals surface area contributed by atoms with Gasteiger partial charge in [0.1, 0.15) is 0 Å².